The van der Waals surface area contributed by atoms with Crippen LogP contribution in [0.15, 0.2) is 35.2 Å². The molecule has 1 amide bonds. The van der Waals surface area contributed by atoms with E-state index in [1.807, 2.05) is 13.0 Å². The highest BCUT2D eigenvalue weighted by atomic mass is 35.5. The number of piperidine rings is 1. The summed E-state index contributed by atoms with van der Waals surface area (Å²) in [7, 11) is 0. The van der Waals surface area contributed by atoms with Gasteiger partial charge in [-0.25, -0.2) is 0 Å². The average Bonchev–Trinajstić information content (AvgIpc) is 2.95. The number of halogens is 1. The molecule has 3 rings (SSSR count). The van der Waals surface area contributed by atoms with Crippen molar-refractivity contribution in [2.45, 2.75) is 25.8 Å². The zero-order valence-electron chi connectivity index (χ0n) is 12.4. The van der Waals surface area contributed by atoms with Crippen LogP contribution in [0.5, 0.6) is 0 Å². The van der Waals surface area contributed by atoms with Gasteiger partial charge in [-0.15, -0.1) is 0 Å². The van der Waals surface area contributed by atoms with E-state index in [1.54, 1.807) is 18.5 Å². The lowest BCUT2D eigenvalue weighted by Gasteiger charge is -2.34. The number of nitrogens with zero attached hydrogens (tertiary/aromatic N) is 2. The minimum atomic E-state index is -0.136. The Balaban J connectivity index is 1.57. The smallest absolute Gasteiger partial charge is 0.287 e. The molecule has 1 N–H and O–H groups in total. The van der Waals surface area contributed by atoms with E-state index >= 15 is 0 Å². The van der Waals surface area contributed by atoms with Gasteiger partial charge in [0.15, 0.2) is 5.76 Å². The summed E-state index contributed by atoms with van der Waals surface area (Å²) in [5.74, 6) is 0.266. The molecule has 0 aromatic carbocycles. The molecule has 0 aliphatic carbocycles. The number of amides is 1. The number of pyridine rings is 1. The van der Waals surface area contributed by atoms with Gasteiger partial charge in [0.25, 0.3) is 5.91 Å². The number of aromatic nitrogens is 1. The fourth-order valence-electron chi connectivity index (χ4n) is 2.75. The topological polar surface area (TPSA) is 58.4 Å². The van der Waals surface area contributed by atoms with Crippen LogP contribution < -0.4 is 10.2 Å². The van der Waals surface area contributed by atoms with Crippen molar-refractivity contribution >= 4 is 23.2 Å². The van der Waals surface area contributed by atoms with E-state index in [9.17, 15) is 4.79 Å². The summed E-state index contributed by atoms with van der Waals surface area (Å²) < 4.78 is 5.23. The van der Waals surface area contributed by atoms with Gasteiger partial charge in [-0.1, -0.05) is 11.6 Å². The van der Waals surface area contributed by atoms with E-state index < -0.39 is 0 Å². The van der Waals surface area contributed by atoms with Gasteiger partial charge in [0, 0.05) is 37.1 Å². The fourth-order valence-corrected chi connectivity index (χ4v) is 2.98. The van der Waals surface area contributed by atoms with Crippen LogP contribution >= 0.6 is 11.6 Å². The maximum Gasteiger partial charge on any atom is 0.287 e. The zero-order chi connectivity index (χ0) is 15.5. The summed E-state index contributed by atoms with van der Waals surface area (Å²) in [6, 6.07) is 3.88. The summed E-state index contributed by atoms with van der Waals surface area (Å²) in [5.41, 5.74) is 1.86. The average molecular weight is 320 g/mol. The molecule has 0 atom stereocenters. The van der Waals surface area contributed by atoms with Crippen LogP contribution in [0.1, 0.15) is 29.0 Å². The second-order valence-corrected chi connectivity index (χ2v) is 5.90. The molecule has 1 saturated heterocycles. The number of carbonyl (C=O) groups is 1. The highest BCUT2D eigenvalue weighted by Crippen LogP contribution is 2.27. The standard InChI is InChI=1S/C16H18ClN3O2/c1-11-5-9-22-15(11)16(21)19-12-3-7-20(8-4-12)14-2-6-18-10-13(14)17/h2,5-6,9-10,12H,3-4,7-8H2,1H3,(H,19,21). The van der Waals surface area contributed by atoms with Gasteiger partial charge >= 0.3 is 0 Å². The maximum atomic E-state index is 12.2. The third-order valence-electron chi connectivity index (χ3n) is 3.99. The Bertz CT molecular complexity index is 663. The molecule has 22 heavy (non-hydrogen) atoms. The molecule has 1 aliphatic heterocycles. The summed E-state index contributed by atoms with van der Waals surface area (Å²) in [4.78, 5) is 18.4. The predicted molar refractivity (Wildman–Crippen MR) is 85.4 cm³/mol. The number of hydrogen-bond acceptors (Lipinski definition) is 4. The van der Waals surface area contributed by atoms with Gasteiger partial charge in [0.2, 0.25) is 0 Å². The Morgan fingerprint density at radius 2 is 2.18 bits per heavy atom. The lowest BCUT2D eigenvalue weighted by molar-refractivity contribution is 0.0902. The Labute approximate surface area is 134 Å². The summed E-state index contributed by atoms with van der Waals surface area (Å²) in [6.07, 6.45) is 6.70. The van der Waals surface area contributed by atoms with Crippen LogP contribution in [-0.2, 0) is 0 Å². The Hall–Kier alpha value is -2.01. The highest BCUT2D eigenvalue weighted by molar-refractivity contribution is 6.33. The first kappa shape index (κ1) is 14.9. The number of nitrogens with one attached hydrogen (secondary N) is 1. The zero-order valence-corrected chi connectivity index (χ0v) is 13.1. The third-order valence-corrected chi connectivity index (χ3v) is 4.28. The number of aryl methyl sites for hydroxylation is 1. The van der Waals surface area contributed by atoms with E-state index in [0.29, 0.717) is 10.8 Å². The van der Waals surface area contributed by atoms with Crippen LogP contribution in [-0.4, -0.2) is 30.0 Å². The van der Waals surface area contributed by atoms with Gasteiger partial charge in [-0.2, -0.15) is 0 Å². The number of carbonyl (C=O) groups excluding carboxylic acids is 1. The van der Waals surface area contributed by atoms with E-state index in [4.69, 9.17) is 16.0 Å². The van der Waals surface area contributed by atoms with Crippen molar-refractivity contribution in [1.29, 1.82) is 0 Å². The van der Waals surface area contributed by atoms with E-state index in [0.717, 1.165) is 37.2 Å². The van der Waals surface area contributed by atoms with E-state index in [2.05, 4.69) is 15.2 Å². The second-order valence-electron chi connectivity index (χ2n) is 5.49. The molecule has 0 spiro atoms. The molecule has 116 valence electrons. The van der Waals surface area contributed by atoms with Crippen molar-refractivity contribution in [2.75, 3.05) is 18.0 Å². The summed E-state index contributed by atoms with van der Waals surface area (Å²) in [6.45, 7) is 3.57. The minimum Gasteiger partial charge on any atom is -0.459 e. The van der Waals surface area contributed by atoms with Gasteiger partial charge in [0.1, 0.15) is 0 Å². The molecular formula is C16H18ClN3O2. The molecular weight excluding hydrogens is 302 g/mol. The predicted octanol–water partition coefficient (Wildman–Crippen LogP) is 3.04. The Morgan fingerprint density at radius 1 is 1.41 bits per heavy atom. The normalized spacial score (nSPS) is 15.8. The molecule has 2 aromatic heterocycles. The molecule has 0 bridgehead atoms. The monoisotopic (exact) mass is 319 g/mol. The van der Waals surface area contributed by atoms with Gasteiger partial charge in [-0.3, -0.25) is 9.78 Å². The van der Waals surface area contributed by atoms with Crippen molar-refractivity contribution in [3.05, 3.63) is 47.1 Å². The molecule has 6 heteroatoms. The number of hydrogen-bond donors (Lipinski definition) is 1. The van der Waals surface area contributed by atoms with Gasteiger partial charge in [-0.05, 0) is 31.9 Å². The van der Waals surface area contributed by atoms with Gasteiger partial charge < -0.3 is 14.6 Å². The van der Waals surface area contributed by atoms with Crippen LogP contribution in [0, 0.1) is 6.92 Å². The van der Waals surface area contributed by atoms with E-state index in [1.165, 1.54) is 6.26 Å². The van der Waals surface area contributed by atoms with Crippen molar-refractivity contribution in [3.8, 4) is 0 Å². The highest BCUT2D eigenvalue weighted by Gasteiger charge is 2.23. The van der Waals surface area contributed by atoms with Crippen LogP contribution in [0.3, 0.4) is 0 Å². The maximum absolute atomic E-state index is 12.2. The van der Waals surface area contributed by atoms with Crippen molar-refractivity contribution < 1.29 is 9.21 Å². The number of anilines is 1. The third kappa shape index (κ3) is 3.09. The van der Waals surface area contributed by atoms with Crippen LogP contribution in [0.2, 0.25) is 5.02 Å². The lowest BCUT2D eigenvalue weighted by atomic mass is 10.0. The van der Waals surface area contributed by atoms with Gasteiger partial charge in [0.05, 0.1) is 17.0 Å². The minimum absolute atomic E-state index is 0.136. The van der Waals surface area contributed by atoms with Crippen molar-refractivity contribution in [3.63, 3.8) is 0 Å². The van der Waals surface area contributed by atoms with Crippen molar-refractivity contribution in [1.82, 2.24) is 10.3 Å². The van der Waals surface area contributed by atoms with E-state index in [-0.39, 0.29) is 11.9 Å². The molecule has 5 nitrogen and oxygen atoms in total. The lowest BCUT2D eigenvalue weighted by Crippen LogP contribution is -2.44. The molecule has 2 aromatic rings. The summed E-state index contributed by atoms with van der Waals surface area (Å²) >= 11 is 6.18. The molecule has 0 unspecified atom stereocenters. The first-order valence-electron chi connectivity index (χ1n) is 7.34. The molecule has 1 aliphatic rings. The van der Waals surface area contributed by atoms with Crippen molar-refractivity contribution in [2.24, 2.45) is 0 Å². The number of rotatable bonds is 3. The summed E-state index contributed by atoms with van der Waals surface area (Å²) in [5, 5.41) is 3.71. The van der Waals surface area contributed by atoms with Crippen LogP contribution in [0.4, 0.5) is 5.69 Å². The first-order chi connectivity index (χ1) is 10.6. The molecule has 1 fully saturated rings. The first-order valence-corrected chi connectivity index (χ1v) is 7.72. The number of furan rings is 1. The quantitative estimate of drug-likeness (QED) is 0.944. The molecule has 0 saturated carbocycles. The van der Waals surface area contributed by atoms with Crippen LogP contribution in [0.25, 0.3) is 0 Å². The molecule has 3 heterocycles. The SMILES string of the molecule is Cc1ccoc1C(=O)NC1CCN(c2ccncc2Cl)CC1. The second kappa shape index (κ2) is 6.40. The largest absolute Gasteiger partial charge is 0.459 e. The molecule has 0 radical (unpaired) electrons. The Morgan fingerprint density at radius 3 is 2.82 bits per heavy atom. The fraction of sp³-hybridized carbons (Fsp3) is 0.375. The Kier molecular flexibility index (Phi) is 4.34.